The summed E-state index contributed by atoms with van der Waals surface area (Å²) in [5.74, 6) is 0.548. The van der Waals surface area contributed by atoms with Crippen molar-refractivity contribution in [1.29, 1.82) is 0 Å². The number of carbonyl (C=O) groups is 1. The lowest BCUT2D eigenvalue weighted by molar-refractivity contribution is 0.101. The number of hydrogen-bond acceptors (Lipinski definition) is 5. The summed E-state index contributed by atoms with van der Waals surface area (Å²) in [7, 11) is -3.76. The Bertz CT molecular complexity index is 1050. The third-order valence-corrected chi connectivity index (χ3v) is 5.41. The number of aryl methyl sites for hydroxylation is 2. The maximum absolute atomic E-state index is 12.6. The zero-order chi connectivity index (χ0) is 18.9. The molecule has 1 heterocycles. The number of benzene rings is 2. The molecular formula is C19H18N2O4S. The van der Waals surface area contributed by atoms with Crippen molar-refractivity contribution in [3.05, 3.63) is 65.5 Å². The number of nitrogens with one attached hydrogen (secondary N) is 1. The Morgan fingerprint density at radius 1 is 1.08 bits per heavy atom. The fourth-order valence-corrected chi connectivity index (χ4v) is 3.76. The van der Waals surface area contributed by atoms with Crippen molar-refractivity contribution in [2.75, 3.05) is 4.72 Å². The van der Waals surface area contributed by atoms with Gasteiger partial charge in [0.1, 0.15) is 5.76 Å². The first-order valence-corrected chi connectivity index (χ1v) is 9.43. The monoisotopic (exact) mass is 370 g/mol. The minimum absolute atomic E-state index is 0.126. The van der Waals surface area contributed by atoms with E-state index in [9.17, 15) is 13.2 Å². The van der Waals surface area contributed by atoms with Crippen molar-refractivity contribution in [3.8, 4) is 11.1 Å². The van der Waals surface area contributed by atoms with E-state index in [0.717, 1.165) is 16.8 Å². The topological polar surface area (TPSA) is 89.3 Å². The third-order valence-electron chi connectivity index (χ3n) is 4.01. The average Bonchev–Trinajstić information content (AvgIpc) is 2.93. The summed E-state index contributed by atoms with van der Waals surface area (Å²) in [5.41, 5.74) is 3.22. The van der Waals surface area contributed by atoms with Gasteiger partial charge in [-0.05, 0) is 50.6 Å². The van der Waals surface area contributed by atoms with Crippen LogP contribution in [-0.4, -0.2) is 19.4 Å². The maximum Gasteiger partial charge on any atom is 0.261 e. The highest BCUT2D eigenvalue weighted by Gasteiger charge is 2.17. The molecule has 3 aromatic rings. The van der Waals surface area contributed by atoms with E-state index in [-0.39, 0.29) is 10.7 Å². The Balaban J connectivity index is 1.88. The van der Waals surface area contributed by atoms with E-state index in [4.69, 9.17) is 4.52 Å². The fraction of sp³-hybridized carbons (Fsp3) is 0.158. The first-order chi connectivity index (χ1) is 12.3. The summed E-state index contributed by atoms with van der Waals surface area (Å²) in [6.45, 7) is 5.07. The van der Waals surface area contributed by atoms with Crippen LogP contribution in [-0.2, 0) is 10.0 Å². The lowest BCUT2D eigenvalue weighted by Gasteiger charge is -2.09. The summed E-state index contributed by atoms with van der Waals surface area (Å²) in [4.78, 5) is 11.6. The Morgan fingerprint density at radius 3 is 2.35 bits per heavy atom. The quantitative estimate of drug-likeness (QED) is 0.687. The number of rotatable bonds is 5. The fourth-order valence-electron chi connectivity index (χ4n) is 2.71. The third kappa shape index (κ3) is 3.52. The number of Topliss-reactive ketones (excluding diaryl/α,β-unsaturated/α-hetero) is 1. The number of carbonyl (C=O) groups excluding carboxylic acids is 1. The molecule has 3 rings (SSSR count). The molecule has 134 valence electrons. The van der Waals surface area contributed by atoms with Gasteiger partial charge in [-0.2, -0.15) is 0 Å². The number of ketones is 1. The van der Waals surface area contributed by atoms with Gasteiger partial charge in [0.25, 0.3) is 10.0 Å². The van der Waals surface area contributed by atoms with Crippen LogP contribution in [0.5, 0.6) is 0 Å². The van der Waals surface area contributed by atoms with Crippen LogP contribution in [0.2, 0.25) is 0 Å². The predicted molar refractivity (Wildman–Crippen MR) is 98.7 cm³/mol. The largest absolute Gasteiger partial charge is 0.361 e. The highest BCUT2D eigenvalue weighted by molar-refractivity contribution is 7.92. The van der Waals surface area contributed by atoms with E-state index in [1.807, 2.05) is 13.8 Å². The summed E-state index contributed by atoms with van der Waals surface area (Å²) in [6, 6.07) is 12.9. The van der Waals surface area contributed by atoms with Gasteiger partial charge >= 0.3 is 0 Å². The van der Waals surface area contributed by atoms with Crippen LogP contribution in [0, 0.1) is 13.8 Å². The number of aromatic nitrogens is 1. The zero-order valence-corrected chi connectivity index (χ0v) is 15.4. The minimum atomic E-state index is -3.76. The van der Waals surface area contributed by atoms with E-state index in [0.29, 0.717) is 17.0 Å². The molecule has 0 bridgehead atoms. The first kappa shape index (κ1) is 17.9. The van der Waals surface area contributed by atoms with E-state index in [1.54, 1.807) is 30.3 Å². The van der Waals surface area contributed by atoms with E-state index in [1.165, 1.54) is 25.1 Å². The van der Waals surface area contributed by atoms with Gasteiger partial charge in [-0.15, -0.1) is 0 Å². The second-order valence-electron chi connectivity index (χ2n) is 5.97. The second kappa shape index (κ2) is 6.76. The maximum atomic E-state index is 12.6. The number of hydrogen-bond donors (Lipinski definition) is 1. The van der Waals surface area contributed by atoms with Crippen LogP contribution in [0.1, 0.15) is 28.7 Å². The lowest BCUT2D eigenvalue weighted by atomic mass is 10.0. The molecule has 7 heteroatoms. The summed E-state index contributed by atoms with van der Waals surface area (Å²) >= 11 is 0. The lowest BCUT2D eigenvalue weighted by Crippen LogP contribution is -2.13. The predicted octanol–water partition coefficient (Wildman–Crippen LogP) is 3.96. The van der Waals surface area contributed by atoms with Crippen molar-refractivity contribution in [1.82, 2.24) is 5.16 Å². The van der Waals surface area contributed by atoms with Crippen LogP contribution in [0.4, 0.5) is 5.69 Å². The molecule has 0 atom stereocenters. The molecule has 0 saturated heterocycles. The molecule has 6 nitrogen and oxygen atoms in total. The molecule has 0 spiro atoms. The molecular weight excluding hydrogens is 352 g/mol. The highest BCUT2D eigenvalue weighted by atomic mass is 32.2. The number of anilines is 1. The van der Waals surface area contributed by atoms with Gasteiger partial charge in [0, 0.05) is 16.8 Å². The Kier molecular flexibility index (Phi) is 4.65. The van der Waals surface area contributed by atoms with Gasteiger partial charge in [0.15, 0.2) is 5.78 Å². The van der Waals surface area contributed by atoms with Crippen molar-refractivity contribution < 1.29 is 17.7 Å². The number of nitrogens with zero attached hydrogens (tertiary/aromatic N) is 1. The summed E-state index contributed by atoms with van der Waals surface area (Å²) in [6.07, 6.45) is 0. The highest BCUT2D eigenvalue weighted by Crippen LogP contribution is 2.28. The average molecular weight is 370 g/mol. The Labute approximate surface area is 151 Å². The molecule has 0 aliphatic carbocycles. The molecule has 0 saturated carbocycles. The van der Waals surface area contributed by atoms with Crippen LogP contribution >= 0.6 is 0 Å². The van der Waals surface area contributed by atoms with Crippen LogP contribution in [0.25, 0.3) is 11.1 Å². The normalized spacial score (nSPS) is 11.3. The molecule has 0 radical (unpaired) electrons. The van der Waals surface area contributed by atoms with Gasteiger partial charge in [0.05, 0.1) is 10.6 Å². The van der Waals surface area contributed by atoms with Gasteiger partial charge in [-0.3, -0.25) is 9.52 Å². The molecule has 0 amide bonds. The van der Waals surface area contributed by atoms with Crippen molar-refractivity contribution in [2.24, 2.45) is 0 Å². The van der Waals surface area contributed by atoms with Gasteiger partial charge in [-0.25, -0.2) is 8.42 Å². The SMILES string of the molecule is CC(=O)c1cccc(NS(=O)(=O)c2ccc(-c3c(C)noc3C)cc2)c1. The number of sulfonamides is 1. The molecule has 26 heavy (non-hydrogen) atoms. The van der Waals surface area contributed by atoms with Crippen LogP contribution < -0.4 is 4.72 Å². The summed E-state index contributed by atoms with van der Waals surface area (Å²) < 4.78 is 32.8. The molecule has 2 aromatic carbocycles. The molecule has 0 unspecified atom stereocenters. The Morgan fingerprint density at radius 2 is 1.77 bits per heavy atom. The molecule has 1 aromatic heterocycles. The Hall–Kier alpha value is -2.93. The van der Waals surface area contributed by atoms with E-state index < -0.39 is 10.0 Å². The van der Waals surface area contributed by atoms with E-state index in [2.05, 4.69) is 9.88 Å². The van der Waals surface area contributed by atoms with Gasteiger partial charge in [-0.1, -0.05) is 29.4 Å². The second-order valence-corrected chi connectivity index (χ2v) is 7.65. The minimum Gasteiger partial charge on any atom is -0.361 e. The molecule has 0 aliphatic heterocycles. The van der Waals surface area contributed by atoms with Crippen molar-refractivity contribution >= 4 is 21.5 Å². The molecule has 1 N–H and O–H groups in total. The standard InChI is InChI=1S/C19H18N2O4S/c1-12-19(14(3)25-20-12)15-7-9-18(10-8-15)26(23,24)21-17-6-4-5-16(11-17)13(2)22/h4-11,21H,1-3H3. The first-order valence-electron chi connectivity index (χ1n) is 7.95. The molecule has 0 aliphatic rings. The molecule has 0 fully saturated rings. The van der Waals surface area contributed by atoms with Crippen molar-refractivity contribution in [3.63, 3.8) is 0 Å². The van der Waals surface area contributed by atoms with Gasteiger partial charge in [0.2, 0.25) is 0 Å². The van der Waals surface area contributed by atoms with Gasteiger partial charge < -0.3 is 4.52 Å². The van der Waals surface area contributed by atoms with E-state index >= 15 is 0 Å². The smallest absolute Gasteiger partial charge is 0.261 e. The van der Waals surface area contributed by atoms with Crippen molar-refractivity contribution in [2.45, 2.75) is 25.7 Å². The van der Waals surface area contributed by atoms with Crippen LogP contribution in [0.3, 0.4) is 0 Å². The summed E-state index contributed by atoms with van der Waals surface area (Å²) in [5, 5.41) is 3.91. The zero-order valence-electron chi connectivity index (χ0n) is 14.6. The van der Waals surface area contributed by atoms with Crippen LogP contribution in [0.15, 0.2) is 57.9 Å².